The van der Waals surface area contributed by atoms with Crippen LogP contribution in [-0.2, 0) is 0 Å². The molecule has 0 amide bonds. The topological polar surface area (TPSA) is 38.9 Å². The van der Waals surface area contributed by atoms with Crippen molar-refractivity contribution in [2.45, 2.75) is 6.92 Å². The second-order valence-corrected chi connectivity index (χ2v) is 12.5. The molecular formula is C45H28N2O. The molecule has 9 aromatic rings. The van der Waals surface area contributed by atoms with Gasteiger partial charge in [-0.1, -0.05) is 146 Å². The smallest absolute Gasteiger partial charge is 0.200 e. The maximum atomic E-state index is 6.10. The van der Waals surface area contributed by atoms with Gasteiger partial charge in [0.2, 0.25) is 0 Å². The maximum Gasteiger partial charge on any atom is 0.200 e. The predicted octanol–water partition coefficient (Wildman–Crippen LogP) is 12.2. The summed E-state index contributed by atoms with van der Waals surface area (Å²) in [4.78, 5) is 9.79. The summed E-state index contributed by atoms with van der Waals surface area (Å²) in [5.41, 5.74) is 15.4. The average molecular weight is 613 g/mol. The van der Waals surface area contributed by atoms with Crippen molar-refractivity contribution in [1.29, 1.82) is 0 Å². The minimum absolute atomic E-state index is 0.608. The molecule has 1 aliphatic rings. The largest absolute Gasteiger partial charge is 0.439 e. The molecule has 224 valence electrons. The summed E-state index contributed by atoms with van der Waals surface area (Å²) in [6.07, 6.45) is 0. The highest BCUT2D eigenvalue weighted by Gasteiger charge is 2.31. The van der Waals surface area contributed by atoms with E-state index >= 15 is 0 Å². The standard InChI is InChI=1S/C45H28N2O/c1-27-46-45-44(48-27)37(28-14-5-2-6-15-28)26-38(47-45)31-24-25-36-41-32(31)22-13-23-35(41)42-39(29-16-7-3-8-17-29)33-20-11-12-21-34(33)40(43(36)42)30-18-9-4-10-19-30/h2-26H,1H3. The van der Waals surface area contributed by atoms with E-state index in [1.54, 1.807) is 0 Å². The van der Waals surface area contributed by atoms with Gasteiger partial charge in [0.1, 0.15) is 0 Å². The first kappa shape index (κ1) is 26.9. The number of hydrogen-bond donors (Lipinski definition) is 0. The van der Waals surface area contributed by atoms with E-state index in [2.05, 4.69) is 151 Å². The number of oxazole rings is 1. The average Bonchev–Trinajstić information content (AvgIpc) is 3.69. The molecule has 2 heterocycles. The highest BCUT2D eigenvalue weighted by Crippen LogP contribution is 2.58. The second kappa shape index (κ2) is 10.3. The zero-order chi connectivity index (χ0) is 31.8. The fourth-order valence-corrected chi connectivity index (χ4v) is 7.82. The van der Waals surface area contributed by atoms with Crippen molar-refractivity contribution in [3.63, 3.8) is 0 Å². The van der Waals surface area contributed by atoms with Gasteiger partial charge in [-0.05, 0) is 77.7 Å². The molecule has 10 rings (SSSR count). The summed E-state index contributed by atoms with van der Waals surface area (Å²) >= 11 is 0. The van der Waals surface area contributed by atoms with Crippen LogP contribution >= 0.6 is 0 Å². The fourth-order valence-electron chi connectivity index (χ4n) is 7.82. The molecule has 0 unspecified atom stereocenters. The van der Waals surface area contributed by atoms with Gasteiger partial charge in [-0.15, -0.1) is 0 Å². The number of fused-ring (bicyclic) bond motifs is 5. The van der Waals surface area contributed by atoms with Crippen LogP contribution in [0.2, 0.25) is 0 Å². The maximum absolute atomic E-state index is 6.10. The van der Waals surface area contributed by atoms with Gasteiger partial charge in [-0.3, -0.25) is 0 Å². The van der Waals surface area contributed by atoms with Crippen molar-refractivity contribution in [1.82, 2.24) is 9.97 Å². The van der Waals surface area contributed by atoms with E-state index in [9.17, 15) is 0 Å². The number of rotatable bonds is 4. The van der Waals surface area contributed by atoms with Gasteiger partial charge in [0.15, 0.2) is 17.1 Å². The molecule has 3 nitrogen and oxygen atoms in total. The summed E-state index contributed by atoms with van der Waals surface area (Å²) in [5, 5.41) is 4.95. The zero-order valence-electron chi connectivity index (χ0n) is 26.2. The van der Waals surface area contributed by atoms with Crippen LogP contribution in [-0.4, -0.2) is 9.97 Å². The van der Waals surface area contributed by atoms with Crippen LogP contribution in [0.4, 0.5) is 0 Å². The van der Waals surface area contributed by atoms with Crippen molar-refractivity contribution in [3.05, 3.63) is 158 Å². The van der Waals surface area contributed by atoms with Gasteiger partial charge in [0.05, 0.1) is 5.69 Å². The van der Waals surface area contributed by atoms with Crippen LogP contribution in [0.3, 0.4) is 0 Å². The van der Waals surface area contributed by atoms with E-state index in [1.807, 2.05) is 13.0 Å². The Bertz CT molecular complexity index is 2620. The lowest BCUT2D eigenvalue weighted by molar-refractivity contribution is 0.562. The number of pyridine rings is 1. The summed E-state index contributed by atoms with van der Waals surface area (Å²) in [6.45, 7) is 1.88. The molecule has 0 bridgehead atoms. The highest BCUT2D eigenvalue weighted by atomic mass is 16.3. The molecule has 2 aromatic heterocycles. The van der Waals surface area contributed by atoms with Crippen LogP contribution < -0.4 is 0 Å². The third-order valence-corrected chi connectivity index (χ3v) is 9.75. The fraction of sp³-hybridized carbons (Fsp3) is 0.0222. The first-order valence-corrected chi connectivity index (χ1v) is 16.3. The Kier molecular flexibility index (Phi) is 5.79. The molecule has 0 radical (unpaired) electrons. The summed E-state index contributed by atoms with van der Waals surface area (Å²) < 4.78 is 6.10. The Balaban J connectivity index is 1.32. The molecule has 7 aromatic carbocycles. The minimum atomic E-state index is 0.608. The van der Waals surface area contributed by atoms with Crippen LogP contribution in [0, 0.1) is 6.92 Å². The Morgan fingerprint density at radius 1 is 0.417 bits per heavy atom. The lowest BCUT2D eigenvalue weighted by atomic mass is 9.82. The second-order valence-electron chi connectivity index (χ2n) is 12.5. The van der Waals surface area contributed by atoms with Crippen molar-refractivity contribution < 1.29 is 4.42 Å². The number of nitrogens with zero attached hydrogens (tertiary/aromatic N) is 2. The Morgan fingerprint density at radius 3 is 1.56 bits per heavy atom. The Labute approximate surface area is 277 Å². The normalized spacial score (nSPS) is 11.9. The molecule has 3 heteroatoms. The number of hydrogen-bond acceptors (Lipinski definition) is 3. The molecule has 0 atom stereocenters. The van der Waals surface area contributed by atoms with Crippen molar-refractivity contribution in [3.8, 4) is 66.9 Å². The molecule has 0 spiro atoms. The van der Waals surface area contributed by atoms with Gasteiger partial charge in [0, 0.05) is 18.1 Å². The van der Waals surface area contributed by atoms with Crippen LogP contribution in [0.5, 0.6) is 0 Å². The molecule has 0 saturated heterocycles. The number of benzene rings is 7. The zero-order valence-corrected chi connectivity index (χ0v) is 26.2. The van der Waals surface area contributed by atoms with E-state index < -0.39 is 0 Å². The molecule has 0 N–H and O–H groups in total. The SMILES string of the molecule is Cc1nc2nc(-c3ccc4c5c(cccc35)-c3c-4c(-c4ccccc4)c4ccccc4c3-c3ccccc3)cc(-c3ccccc3)c2o1. The molecule has 0 saturated carbocycles. The van der Waals surface area contributed by atoms with Gasteiger partial charge in [-0.2, -0.15) is 4.98 Å². The number of aryl methyl sites for hydroxylation is 1. The lowest BCUT2D eigenvalue weighted by Gasteiger charge is -2.20. The van der Waals surface area contributed by atoms with E-state index in [1.165, 1.54) is 66.1 Å². The summed E-state index contributed by atoms with van der Waals surface area (Å²) in [6, 6.07) is 54.4. The molecule has 0 fully saturated rings. The first-order chi connectivity index (χ1) is 23.7. The van der Waals surface area contributed by atoms with Crippen molar-refractivity contribution in [2.24, 2.45) is 0 Å². The Hall–Kier alpha value is -6.32. The Morgan fingerprint density at radius 2 is 0.938 bits per heavy atom. The molecule has 0 aliphatic heterocycles. The molecule has 48 heavy (non-hydrogen) atoms. The third-order valence-electron chi connectivity index (χ3n) is 9.75. The van der Waals surface area contributed by atoms with E-state index in [0.29, 0.717) is 17.1 Å². The van der Waals surface area contributed by atoms with E-state index in [-0.39, 0.29) is 0 Å². The van der Waals surface area contributed by atoms with E-state index in [4.69, 9.17) is 9.40 Å². The number of aromatic nitrogens is 2. The van der Waals surface area contributed by atoms with E-state index in [0.717, 1.165) is 22.4 Å². The van der Waals surface area contributed by atoms with Gasteiger partial charge in [-0.25, -0.2) is 4.98 Å². The van der Waals surface area contributed by atoms with Crippen LogP contribution in [0.25, 0.3) is 99.7 Å². The van der Waals surface area contributed by atoms with Gasteiger partial charge in [0.25, 0.3) is 0 Å². The quantitative estimate of drug-likeness (QED) is 0.198. The summed E-state index contributed by atoms with van der Waals surface area (Å²) in [7, 11) is 0. The monoisotopic (exact) mass is 612 g/mol. The van der Waals surface area contributed by atoms with Gasteiger partial charge < -0.3 is 4.42 Å². The van der Waals surface area contributed by atoms with Crippen molar-refractivity contribution in [2.75, 3.05) is 0 Å². The summed E-state index contributed by atoms with van der Waals surface area (Å²) in [5.74, 6) is 0.608. The predicted molar refractivity (Wildman–Crippen MR) is 198 cm³/mol. The van der Waals surface area contributed by atoms with Crippen LogP contribution in [0.1, 0.15) is 5.89 Å². The van der Waals surface area contributed by atoms with Crippen LogP contribution in [0.15, 0.2) is 156 Å². The van der Waals surface area contributed by atoms with Gasteiger partial charge >= 0.3 is 0 Å². The first-order valence-electron chi connectivity index (χ1n) is 16.3. The third kappa shape index (κ3) is 3.88. The lowest BCUT2D eigenvalue weighted by Crippen LogP contribution is -1.93. The van der Waals surface area contributed by atoms with Crippen molar-refractivity contribution >= 4 is 32.8 Å². The minimum Gasteiger partial charge on any atom is -0.439 e. The molecule has 1 aliphatic carbocycles. The molecular weight excluding hydrogens is 585 g/mol. The highest BCUT2D eigenvalue weighted by molar-refractivity contribution is 6.28.